The summed E-state index contributed by atoms with van der Waals surface area (Å²) in [7, 11) is 3.84. The predicted octanol–water partition coefficient (Wildman–Crippen LogP) is 1.97. The normalized spacial score (nSPS) is 11.9. The molecule has 0 aliphatic rings. The summed E-state index contributed by atoms with van der Waals surface area (Å²) < 4.78 is 12.7. The van der Waals surface area contributed by atoms with Gasteiger partial charge in [0.05, 0.1) is 0 Å². The molecule has 80 valence electrons. The molecule has 0 heterocycles. The maximum atomic E-state index is 12.7. The highest BCUT2D eigenvalue weighted by Gasteiger charge is 2.00. The summed E-state index contributed by atoms with van der Waals surface area (Å²) in [5, 5.41) is 0. The summed E-state index contributed by atoms with van der Waals surface area (Å²) in [6.45, 7) is 0.686. The second kappa shape index (κ2) is 5.41. The summed E-state index contributed by atoms with van der Waals surface area (Å²) in [6.07, 6.45) is 2.61. The van der Waals surface area contributed by atoms with Gasteiger partial charge >= 0.3 is 0 Å². The van der Waals surface area contributed by atoms with Crippen molar-refractivity contribution in [2.75, 3.05) is 20.6 Å². The molecule has 0 radical (unpaired) electrons. The quantitative estimate of drug-likeness (QED) is 0.555. The van der Waals surface area contributed by atoms with E-state index in [0.29, 0.717) is 12.1 Å². The van der Waals surface area contributed by atoms with E-state index in [0.717, 1.165) is 11.8 Å². The van der Waals surface area contributed by atoms with E-state index in [1.807, 2.05) is 25.1 Å². The number of carbonyl (C=O) groups is 1. The Morgan fingerprint density at radius 3 is 2.40 bits per heavy atom. The lowest BCUT2D eigenvalue weighted by molar-refractivity contribution is -0.103. The van der Waals surface area contributed by atoms with Crippen LogP contribution < -0.4 is 0 Å². The lowest BCUT2D eigenvalue weighted by Crippen LogP contribution is -2.11. The third-order valence-corrected chi connectivity index (χ3v) is 1.98. The highest BCUT2D eigenvalue weighted by Crippen LogP contribution is 2.12. The minimum absolute atomic E-state index is 0.295. The van der Waals surface area contributed by atoms with Crippen LogP contribution in [0.4, 0.5) is 4.39 Å². The van der Waals surface area contributed by atoms with E-state index in [4.69, 9.17) is 0 Å². The molecule has 0 unspecified atom stereocenters. The van der Waals surface area contributed by atoms with Crippen molar-refractivity contribution in [1.82, 2.24) is 4.90 Å². The molecule has 0 N–H and O–H groups in total. The molecule has 0 saturated heterocycles. The highest BCUT2D eigenvalue weighted by atomic mass is 19.1. The Morgan fingerprint density at radius 1 is 1.33 bits per heavy atom. The Kier molecular flexibility index (Phi) is 4.18. The van der Waals surface area contributed by atoms with Crippen molar-refractivity contribution >= 4 is 11.9 Å². The number of carbonyl (C=O) groups excluding carboxylic acids is 1. The predicted molar refractivity (Wildman–Crippen MR) is 59.0 cm³/mol. The van der Waals surface area contributed by atoms with E-state index in [9.17, 15) is 9.18 Å². The van der Waals surface area contributed by atoms with Gasteiger partial charge in [0.15, 0.2) is 0 Å². The number of benzene rings is 1. The molecule has 0 atom stereocenters. The van der Waals surface area contributed by atoms with Gasteiger partial charge in [0.2, 0.25) is 0 Å². The molecule has 0 bridgehead atoms. The molecule has 1 aromatic rings. The van der Waals surface area contributed by atoms with E-state index in [-0.39, 0.29) is 5.82 Å². The number of likely N-dealkylation sites (N-methyl/N-ethyl adjacent to an activating group) is 1. The Labute approximate surface area is 89.0 Å². The topological polar surface area (TPSA) is 20.3 Å². The Balaban J connectivity index is 2.87. The second-order valence-electron chi connectivity index (χ2n) is 3.55. The molecule has 1 rings (SSSR count). The summed E-state index contributed by atoms with van der Waals surface area (Å²) in [5.41, 5.74) is 1.33. The van der Waals surface area contributed by atoms with Gasteiger partial charge < -0.3 is 4.90 Å². The van der Waals surface area contributed by atoms with Gasteiger partial charge in [0.25, 0.3) is 0 Å². The van der Waals surface area contributed by atoms with Crippen molar-refractivity contribution in [1.29, 1.82) is 0 Å². The number of rotatable bonds is 4. The zero-order chi connectivity index (χ0) is 11.3. The SMILES string of the molecule is CN(C)C/C=C(/C=O)c1ccc(F)cc1. The molecule has 0 amide bonds. The third-order valence-electron chi connectivity index (χ3n) is 1.98. The number of hydrogen-bond acceptors (Lipinski definition) is 2. The van der Waals surface area contributed by atoms with Gasteiger partial charge in [-0.05, 0) is 31.8 Å². The smallest absolute Gasteiger partial charge is 0.150 e. The van der Waals surface area contributed by atoms with Gasteiger partial charge in [-0.25, -0.2) is 4.39 Å². The van der Waals surface area contributed by atoms with Gasteiger partial charge in [0.1, 0.15) is 12.1 Å². The molecular formula is C12H14FNO. The summed E-state index contributed by atoms with van der Waals surface area (Å²) >= 11 is 0. The largest absolute Gasteiger partial charge is 0.306 e. The van der Waals surface area contributed by atoms with E-state index in [1.165, 1.54) is 12.1 Å². The van der Waals surface area contributed by atoms with Crippen LogP contribution in [-0.4, -0.2) is 31.8 Å². The lowest BCUT2D eigenvalue weighted by Gasteiger charge is -2.06. The minimum Gasteiger partial charge on any atom is -0.306 e. The van der Waals surface area contributed by atoms with Crippen molar-refractivity contribution in [2.24, 2.45) is 0 Å². The van der Waals surface area contributed by atoms with Crippen LogP contribution in [0.25, 0.3) is 5.57 Å². The fourth-order valence-electron chi connectivity index (χ4n) is 1.16. The molecule has 1 aromatic carbocycles. The van der Waals surface area contributed by atoms with Crippen molar-refractivity contribution in [3.63, 3.8) is 0 Å². The van der Waals surface area contributed by atoms with E-state index < -0.39 is 0 Å². The zero-order valence-corrected chi connectivity index (χ0v) is 8.90. The van der Waals surface area contributed by atoms with Crippen LogP contribution >= 0.6 is 0 Å². The third kappa shape index (κ3) is 3.64. The standard InChI is InChI=1S/C12H14FNO/c1-14(2)8-7-11(9-15)10-3-5-12(13)6-4-10/h3-7,9H,8H2,1-2H3/b11-7-. The molecule has 0 aliphatic heterocycles. The maximum absolute atomic E-state index is 12.7. The van der Waals surface area contributed by atoms with E-state index in [2.05, 4.69) is 0 Å². The van der Waals surface area contributed by atoms with Gasteiger partial charge in [-0.2, -0.15) is 0 Å². The van der Waals surface area contributed by atoms with Crippen LogP contribution in [0.3, 0.4) is 0 Å². The number of allylic oxidation sites excluding steroid dienone is 1. The Morgan fingerprint density at radius 2 is 1.93 bits per heavy atom. The van der Waals surface area contributed by atoms with Crippen molar-refractivity contribution in [2.45, 2.75) is 0 Å². The first-order valence-electron chi connectivity index (χ1n) is 4.69. The van der Waals surface area contributed by atoms with Crippen LogP contribution in [0, 0.1) is 5.82 Å². The summed E-state index contributed by atoms with van der Waals surface area (Å²) in [6, 6.07) is 5.90. The van der Waals surface area contributed by atoms with E-state index >= 15 is 0 Å². The fraction of sp³-hybridized carbons (Fsp3) is 0.250. The average Bonchev–Trinajstić information content (AvgIpc) is 2.21. The van der Waals surface area contributed by atoms with Gasteiger partial charge in [0, 0.05) is 12.1 Å². The summed E-state index contributed by atoms with van der Waals surface area (Å²) in [5.74, 6) is -0.295. The monoisotopic (exact) mass is 207 g/mol. The van der Waals surface area contributed by atoms with Gasteiger partial charge in [-0.1, -0.05) is 18.2 Å². The van der Waals surface area contributed by atoms with Crippen LogP contribution in [0.5, 0.6) is 0 Å². The first-order valence-corrected chi connectivity index (χ1v) is 4.69. The van der Waals surface area contributed by atoms with Crippen LogP contribution in [0.15, 0.2) is 30.3 Å². The molecule has 2 nitrogen and oxygen atoms in total. The van der Waals surface area contributed by atoms with Crippen molar-refractivity contribution in [3.8, 4) is 0 Å². The second-order valence-corrected chi connectivity index (χ2v) is 3.55. The summed E-state index contributed by atoms with van der Waals surface area (Å²) in [4.78, 5) is 12.8. The molecule has 0 fully saturated rings. The molecule has 0 saturated carbocycles. The number of nitrogens with zero attached hydrogens (tertiary/aromatic N) is 1. The van der Waals surface area contributed by atoms with Crippen molar-refractivity contribution in [3.05, 3.63) is 41.7 Å². The molecule has 0 aliphatic carbocycles. The fourth-order valence-corrected chi connectivity index (χ4v) is 1.16. The Hall–Kier alpha value is -1.48. The highest BCUT2D eigenvalue weighted by molar-refractivity contribution is 6.06. The van der Waals surface area contributed by atoms with Gasteiger partial charge in [-0.3, -0.25) is 4.79 Å². The van der Waals surface area contributed by atoms with Crippen LogP contribution in [0.1, 0.15) is 5.56 Å². The zero-order valence-electron chi connectivity index (χ0n) is 8.90. The average molecular weight is 207 g/mol. The Bertz CT molecular complexity index is 354. The van der Waals surface area contributed by atoms with E-state index in [1.54, 1.807) is 12.1 Å². The first kappa shape index (κ1) is 11.6. The molecule has 0 spiro atoms. The minimum atomic E-state index is -0.295. The van der Waals surface area contributed by atoms with Crippen LogP contribution in [0.2, 0.25) is 0 Å². The van der Waals surface area contributed by atoms with Gasteiger partial charge in [-0.15, -0.1) is 0 Å². The first-order chi connectivity index (χ1) is 7.13. The maximum Gasteiger partial charge on any atom is 0.150 e. The molecule has 3 heteroatoms. The molecular weight excluding hydrogens is 193 g/mol. The number of aldehydes is 1. The number of halogens is 1. The molecule has 15 heavy (non-hydrogen) atoms. The number of hydrogen-bond donors (Lipinski definition) is 0. The molecule has 0 aromatic heterocycles. The lowest BCUT2D eigenvalue weighted by atomic mass is 10.1. The van der Waals surface area contributed by atoms with Crippen LogP contribution in [-0.2, 0) is 4.79 Å². The van der Waals surface area contributed by atoms with Crippen molar-refractivity contribution < 1.29 is 9.18 Å².